The Bertz CT molecular complexity index is 873. The van der Waals surface area contributed by atoms with E-state index in [1.807, 2.05) is 0 Å². The van der Waals surface area contributed by atoms with Crippen molar-refractivity contribution in [2.24, 2.45) is 0 Å². The van der Waals surface area contributed by atoms with Crippen molar-refractivity contribution in [3.8, 4) is 11.5 Å². The molecule has 0 aliphatic rings. The van der Waals surface area contributed by atoms with Gasteiger partial charge >= 0.3 is 0 Å². The Balaban J connectivity index is 2.03. The fourth-order valence-electron chi connectivity index (χ4n) is 5.39. The minimum absolute atomic E-state index is 0.460. The summed E-state index contributed by atoms with van der Waals surface area (Å²) in [5.74, 6) is 2.11. The lowest BCUT2D eigenvalue weighted by Gasteiger charge is -2.19. The zero-order valence-corrected chi connectivity index (χ0v) is 34.0. The number of rotatable bonds is 24. The van der Waals surface area contributed by atoms with Crippen molar-refractivity contribution in [3.05, 3.63) is 58.7 Å². The van der Waals surface area contributed by atoms with E-state index in [0.717, 1.165) is 47.8 Å². The molecule has 0 unspecified atom stereocenters. The van der Waals surface area contributed by atoms with Crippen LogP contribution < -0.4 is 4.74 Å². The SMILES string of the molecule is BrCCc1cccc(Oc2cccc(CCBr)c2CCCCCCCCC(Br)Br)c1CCCCCCCCC(Br)Br. The standard InChI is InChI=1S/C34H48Br6O/c35-25-23-27-15-13-19-31(29(27)17-9-5-1-3-7-11-21-33(37)38)41-32-20-14-16-28(24-26-36)30(32)18-10-6-2-4-8-12-22-34(39)40/h13-16,19-20,33-34H,1-12,17-18,21-26H2. The molecule has 0 aliphatic carbocycles. The third-order valence-corrected chi connectivity index (χ3v) is 10.2. The van der Waals surface area contributed by atoms with E-state index in [4.69, 9.17) is 4.74 Å². The average Bonchev–Trinajstić information content (AvgIpc) is 2.94. The van der Waals surface area contributed by atoms with Gasteiger partial charge in [0, 0.05) is 10.7 Å². The second-order valence-corrected chi connectivity index (χ2v) is 19.3. The molecular weight excluding hydrogens is 904 g/mol. The number of unbranched alkanes of at least 4 members (excludes halogenated alkanes) is 10. The molecule has 0 bridgehead atoms. The van der Waals surface area contributed by atoms with Crippen LogP contribution in [-0.4, -0.2) is 18.1 Å². The molecule has 41 heavy (non-hydrogen) atoms. The summed E-state index contributed by atoms with van der Waals surface area (Å²) in [6.07, 6.45) is 22.2. The summed E-state index contributed by atoms with van der Waals surface area (Å²) in [4.78, 5) is 0. The van der Waals surface area contributed by atoms with Crippen LogP contribution in [0.2, 0.25) is 0 Å². The summed E-state index contributed by atoms with van der Waals surface area (Å²) in [5.41, 5.74) is 5.65. The van der Waals surface area contributed by atoms with Gasteiger partial charge in [-0.05, 0) is 85.8 Å². The summed E-state index contributed by atoms with van der Waals surface area (Å²) in [6, 6.07) is 13.3. The third-order valence-electron chi connectivity index (χ3n) is 7.61. The van der Waals surface area contributed by atoms with E-state index in [2.05, 4.69) is 132 Å². The summed E-state index contributed by atoms with van der Waals surface area (Å²) >= 11 is 21.7. The topological polar surface area (TPSA) is 9.23 Å². The highest BCUT2D eigenvalue weighted by atomic mass is 79.9. The van der Waals surface area contributed by atoms with E-state index >= 15 is 0 Å². The quantitative estimate of drug-likeness (QED) is 0.0753. The van der Waals surface area contributed by atoms with Gasteiger partial charge < -0.3 is 4.74 Å². The fourth-order valence-corrected chi connectivity index (χ4v) is 7.54. The molecule has 0 aromatic heterocycles. The largest absolute Gasteiger partial charge is 0.457 e. The number of alkyl halides is 6. The molecule has 0 amide bonds. The molecule has 1 nitrogen and oxygen atoms in total. The molecule has 0 heterocycles. The summed E-state index contributed by atoms with van der Waals surface area (Å²) < 4.78 is 7.75. The highest BCUT2D eigenvalue weighted by molar-refractivity contribution is 9.25. The van der Waals surface area contributed by atoms with Crippen molar-refractivity contribution in [1.82, 2.24) is 0 Å². The maximum atomic E-state index is 6.83. The maximum absolute atomic E-state index is 6.83. The first-order valence-electron chi connectivity index (χ1n) is 15.5. The van der Waals surface area contributed by atoms with E-state index in [-0.39, 0.29) is 0 Å². The number of aryl methyl sites for hydroxylation is 2. The van der Waals surface area contributed by atoms with Crippen LogP contribution in [0, 0.1) is 0 Å². The molecule has 0 saturated carbocycles. The molecular formula is C34H48Br6O. The van der Waals surface area contributed by atoms with E-state index < -0.39 is 0 Å². The first-order chi connectivity index (χ1) is 20.0. The number of hydrogen-bond donors (Lipinski definition) is 0. The molecule has 232 valence electrons. The predicted molar refractivity (Wildman–Crippen MR) is 203 cm³/mol. The Kier molecular flexibility index (Phi) is 22.8. The van der Waals surface area contributed by atoms with Crippen molar-refractivity contribution >= 4 is 95.6 Å². The number of halogens is 6. The van der Waals surface area contributed by atoms with Crippen LogP contribution in [0.5, 0.6) is 11.5 Å². The smallest absolute Gasteiger partial charge is 0.130 e. The van der Waals surface area contributed by atoms with Gasteiger partial charge in [-0.25, -0.2) is 0 Å². The van der Waals surface area contributed by atoms with Crippen LogP contribution >= 0.6 is 95.6 Å². The lowest BCUT2D eigenvalue weighted by Crippen LogP contribution is -2.03. The maximum Gasteiger partial charge on any atom is 0.130 e. The van der Waals surface area contributed by atoms with E-state index in [1.165, 1.54) is 112 Å². The van der Waals surface area contributed by atoms with Gasteiger partial charge in [0.2, 0.25) is 0 Å². The second kappa shape index (κ2) is 24.4. The van der Waals surface area contributed by atoms with Crippen LogP contribution in [-0.2, 0) is 25.7 Å². The molecule has 0 saturated heterocycles. The Hall–Kier alpha value is 1.12. The van der Waals surface area contributed by atoms with Gasteiger partial charge in [-0.15, -0.1) is 0 Å². The highest BCUT2D eigenvalue weighted by Gasteiger charge is 2.15. The Morgan fingerprint density at radius 2 is 0.829 bits per heavy atom. The number of hydrogen-bond acceptors (Lipinski definition) is 1. The van der Waals surface area contributed by atoms with Gasteiger partial charge in [-0.2, -0.15) is 0 Å². The minimum atomic E-state index is 0.460. The van der Waals surface area contributed by atoms with Crippen molar-refractivity contribution in [2.45, 2.75) is 123 Å². The first kappa shape index (κ1) is 38.3. The van der Waals surface area contributed by atoms with Gasteiger partial charge in [-0.1, -0.05) is 184 Å². The van der Waals surface area contributed by atoms with Crippen molar-refractivity contribution < 1.29 is 4.74 Å². The van der Waals surface area contributed by atoms with Crippen LogP contribution in [0.15, 0.2) is 36.4 Å². The van der Waals surface area contributed by atoms with Gasteiger partial charge in [0.25, 0.3) is 0 Å². The molecule has 2 rings (SSSR count). The van der Waals surface area contributed by atoms with Crippen LogP contribution in [0.3, 0.4) is 0 Å². The van der Waals surface area contributed by atoms with Crippen molar-refractivity contribution in [3.63, 3.8) is 0 Å². The Morgan fingerprint density at radius 3 is 1.20 bits per heavy atom. The predicted octanol–water partition coefficient (Wildman–Crippen LogP) is 14.1. The Morgan fingerprint density at radius 1 is 0.463 bits per heavy atom. The summed E-state index contributed by atoms with van der Waals surface area (Å²) in [6.45, 7) is 0. The first-order valence-corrected chi connectivity index (χ1v) is 21.4. The second-order valence-electron chi connectivity index (χ2n) is 10.9. The van der Waals surface area contributed by atoms with E-state index in [0.29, 0.717) is 7.47 Å². The molecule has 0 atom stereocenters. The van der Waals surface area contributed by atoms with Gasteiger partial charge in [-0.3, -0.25) is 0 Å². The molecule has 0 spiro atoms. The van der Waals surface area contributed by atoms with Crippen molar-refractivity contribution in [2.75, 3.05) is 10.7 Å². The Labute approximate surface area is 301 Å². The summed E-state index contributed by atoms with van der Waals surface area (Å²) in [5, 5.41) is 1.95. The molecule has 0 N–H and O–H groups in total. The van der Waals surface area contributed by atoms with Crippen LogP contribution in [0.4, 0.5) is 0 Å². The van der Waals surface area contributed by atoms with E-state index in [9.17, 15) is 0 Å². The van der Waals surface area contributed by atoms with Crippen LogP contribution in [0.1, 0.15) is 112 Å². The molecule has 0 fully saturated rings. The van der Waals surface area contributed by atoms with Crippen molar-refractivity contribution in [1.29, 1.82) is 0 Å². The lowest BCUT2D eigenvalue weighted by molar-refractivity contribution is 0.464. The van der Waals surface area contributed by atoms with Gasteiger partial charge in [0.1, 0.15) is 11.5 Å². The zero-order valence-electron chi connectivity index (χ0n) is 24.4. The number of ether oxygens (including phenoxy) is 1. The van der Waals surface area contributed by atoms with Gasteiger partial charge in [0.05, 0.1) is 7.47 Å². The average molecular weight is 952 g/mol. The lowest BCUT2D eigenvalue weighted by atomic mass is 9.96. The zero-order chi connectivity index (χ0) is 29.7. The third kappa shape index (κ3) is 16.8. The monoisotopic (exact) mass is 946 g/mol. The normalized spacial score (nSPS) is 11.6. The number of benzene rings is 2. The minimum Gasteiger partial charge on any atom is -0.457 e. The molecule has 0 radical (unpaired) electrons. The fraction of sp³-hybridized carbons (Fsp3) is 0.647. The molecule has 2 aromatic rings. The molecule has 0 aliphatic heterocycles. The van der Waals surface area contributed by atoms with Gasteiger partial charge in [0.15, 0.2) is 0 Å². The summed E-state index contributed by atoms with van der Waals surface area (Å²) in [7, 11) is 0. The van der Waals surface area contributed by atoms with E-state index in [1.54, 1.807) is 0 Å². The molecule has 7 heteroatoms. The molecule has 2 aromatic carbocycles. The van der Waals surface area contributed by atoms with Crippen LogP contribution in [0.25, 0.3) is 0 Å². The highest BCUT2D eigenvalue weighted by Crippen LogP contribution is 2.34.